The predicted octanol–water partition coefficient (Wildman–Crippen LogP) is 2.25. The Kier molecular flexibility index (Phi) is 7.07. The van der Waals surface area contributed by atoms with E-state index >= 15 is 0 Å². The van der Waals surface area contributed by atoms with Gasteiger partial charge in [0.1, 0.15) is 11.5 Å². The van der Waals surface area contributed by atoms with Gasteiger partial charge >= 0.3 is 0 Å². The molecule has 1 amide bonds. The van der Waals surface area contributed by atoms with Gasteiger partial charge in [0, 0.05) is 24.6 Å². The molecule has 1 saturated heterocycles. The van der Waals surface area contributed by atoms with Crippen molar-refractivity contribution in [3.63, 3.8) is 0 Å². The summed E-state index contributed by atoms with van der Waals surface area (Å²) < 4.78 is 37.3. The first-order chi connectivity index (χ1) is 14.5. The third kappa shape index (κ3) is 4.98. The van der Waals surface area contributed by atoms with E-state index < -0.39 is 10.0 Å². The molecule has 2 aromatic carbocycles. The first-order valence-corrected chi connectivity index (χ1v) is 11.0. The average Bonchev–Trinajstić information content (AvgIpc) is 2.79. The van der Waals surface area contributed by atoms with Crippen molar-refractivity contribution >= 4 is 22.1 Å². The summed E-state index contributed by atoms with van der Waals surface area (Å²) in [7, 11) is -0.417. The molecule has 0 saturated carbocycles. The zero-order chi connectivity index (χ0) is 21.6. The lowest BCUT2D eigenvalue weighted by atomic mass is 9.98. The number of amides is 1. The zero-order valence-electron chi connectivity index (χ0n) is 16.9. The number of benzene rings is 2. The van der Waals surface area contributed by atoms with Crippen LogP contribution in [0.5, 0.6) is 11.5 Å². The lowest BCUT2D eigenvalue weighted by Crippen LogP contribution is -2.42. The number of carbonyl (C=O) groups is 1. The molecule has 1 fully saturated rings. The highest BCUT2D eigenvalue weighted by Crippen LogP contribution is 2.24. The van der Waals surface area contributed by atoms with Gasteiger partial charge < -0.3 is 9.47 Å². The Balaban J connectivity index is 1.57. The monoisotopic (exact) mass is 431 g/mol. The number of carbonyl (C=O) groups excluding carboxylic acids is 1. The van der Waals surface area contributed by atoms with Gasteiger partial charge in [-0.15, -0.1) is 0 Å². The Morgan fingerprint density at radius 1 is 1.10 bits per heavy atom. The number of ether oxygens (including phenoxy) is 2. The van der Waals surface area contributed by atoms with Gasteiger partial charge in [0.25, 0.3) is 0 Å². The number of hydrogen-bond donors (Lipinski definition) is 1. The lowest BCUT2D eigenvalue weighted by molar-refractivity contribution is -0.126. The number of hydrazone groups is 1. The van der Waals surface area contributed by atoms with Gasteiger partial charge in [0.05, 0.1) is 25.3 Å². The summed E-state index contributed by atoms with van der Waals surface area (Å²) >= 11 is 0. The quantitative estimate of drug-likeness (QED) is 0.536. The van der Waals surface area contributed by atoms with E-state index in [2.05, 4.69) is 10.5 Å². The molecule has 3 rings (SSSR count). The van der Waals surface area contributed by atoms with Crippen LogP contribution in [0.3, 0.4) is 0 Å². The van der Waals surface area contributed by atoms with Crippen LogP contribution in [0.2, 0.25) is 0 Å². The van der Waals surface area contributed by atoms with Crippen LogP contribution in [0.25, 0.3) is 0 Å². The summed E-state index contributed by atoms with van der Waals surface area (Å²) in [6.45, 7) is 0.589. The maximum absolute atomic E-state index is 12.7. The van der Waals surface area contributed by atoms with E-state index in [0.29, 0.717) is 43.0 Å². The predicted molar refractivity (Wildman–Crippen MR) is 113 cm³/mol. The molecule has 2 aromatic rings. The largest absolute Gasteiger partial charge is 0.497 e. The first kappa shape index (κ1) is 21.8. The molecule has 0 spiro atoms. The van der Waals surface area contributed by atoms with Gasteiger partial charge in [-0.25, -0.2) is 13.8 Å². The highest BCUT2D eigenvalue weighted by Gasteiger charge is 2.31. The maximum atomic E-state index is 12.7. The van der Waals surface area contributed by atoms with Crippen LogP contribution in [0, 0.1) is 5.92 Å². The number of hydrogen-bond acceptors (Lipinski definition) is 6. The lowest BCUT2D eigenvalue weighted by Gasteiger charge is -2.30. The Morgan fingerprint density at radius 3 is 2.43 bits per heavy atom. The average molecular weight is 432 g/mol. The molecular formula is C21H25N3O5S. The molecule has 0 aromatic heterocycles. The van der Waals surface area contributed by atoms with Crippen LogP contribution in [-0.4, -0.2) is 52.2 Å². The molecule has 1 N–H and O–H groups in total. The van der Waals surface area contributed by atoms with Crippen molar-refractivity contribution in [2.24, 2.45) is 11.0 Å². The van der Waals surface area contributed by atoms with Crippen molar-refractivity contribution < 1.29 is 22.7 Å². The fourth-order valence-electron chi connectivity index (χ4n) is 3.30. The fraction of sp³-hybridized carbons (Fsp3) is 0.333. The number of methoxy groups -OCH3 is 2. The Labute approximate surface area is 176 Å². The number of piperidine rings is 1. The van der Waals surface area contributed by atoms with Crippen LogP contribution in [-0.2, 0) is 14.8 Å². The second-order valence-corrected chi connectivity index (χ2v) is 8.77. The van der Waals surface area contributed by atoms with Crippen molar-refractivity contribution in [1.82, 2.24) is 9.73 Å². The summed E-state index contributed by atoms with van der Waals surface area (Å²) in [4.78, 5) is 12.7. The van der Waals surface area contributed by atoms with Crippen LogP contribution < -0.4 is 14.9 Å². The van der Waals surface area contributed by atoms with Crippen molar-refractivity contribution in [3.8, 4) is 11.5 Å². The number of rotatable bonds is 7. The molecule has 0 atom stereocenters. The molecule has 1 aliphatic rings. The first-order valence-electron chi connectivity index (χ1n) is 9.56. The molecule has 0 aliphatic carbocycles. The minimum atomic E-state index is -3.53. The maximum Gasteiger partial charge on any atom is 0.243 e. The van der Waals surface area contributed by atoms with Crippen molar-refractivity contribution in [2.75, 3.05) is 27.3 Å². The SMILES string of the molecule is COc1ccc(OC)c(/C=N\NC(=O)C2CCN(S(=O)(=O)c3ccccc3)CC2)c1. The summed E-state index contributed by atoms with van der Waals surface area (Å²) in [5, 5.41) is 4.02. The van der Waals surface area contributed by atoms with Gasteiger partial charge in [0.15, 0.2) is 0 Å². The van der Waals surface area contributed by atoms with Crippen LogP contribution in [0.15, 0.2) is 58.5 Å². The minimum absolute atomic E-state index is 0.232. The Hall–Kier alpha value is -2.91. The second kappa shape index (κ2) is 9.73. The van der Waals surface area contributed by atoms with Gasteiger partial charge in [0.2, 0.25) is 15.9 Å². The third-order valence-electron chi connectivity index (χ3n) is 5.02. The topological polar surface area (TPSA) is 97.3 Å². The van der Waals surface area contributed by atoms with E-state index in [9.17, 15) is 13.2 Å². The van der Waals surface area contributed by atoms with E-state index in [-0.39, 0.29) is 16.7 Å². The Bertz CT molecular complexity index is 1000. The third-order valence-corrected chi connectivity index (χ3v) is 6.93. The van der Waals surface area contributed by atoms with E-state index in [1.807, 2.05) is 0 Å². The van der Waals surface area contributed by atoms with E-state index in [0.717, 1.165) is 0 Å². The summed E-state index contributed by atoms with van der Waals surface area (Å²) in [6, 6.07) is 13.6. The zero-order valence-corrected chi connectivity index (χ0v) is 17.8. The van der Waals surface area contributed by atoms with Crippen LogP contribution in [0.1, 0.15) is 18.4 Å². The molecule has 30 heavy (non-hydrogen) atoms. The van der Waals surface area contributed by atoms with Crippen molar-refractivity contribution in [1.29, 1.82) is 0 Å². The van der Waals surface area contributed by atoms with Gasteiger partial charge in [-0.05, 0) is 43.2 Å². The molecule has 9 heteroatoms. The molecule has 160 valence electrons. The fourth-order valence-corrected chi connectivity index (χ4v) is 4.79. The standard InChI is InChI=1S/C21H25N3O5S/c1-28-18-8-9-20(29-2)17(14-18)15-22-23-21(25)16-10-12-24(13-11-16)30(26,27)19-6-4-3-5-7-19/h3-9,14-16H,10-13H2,1-2H3,(H,23,25)/b22-15-. The molecule has 1 heterocycles. The molecule has 0 unspecified atom stereocenters. The van der Waals surface area contributed by atoms with E-state index in [4.69, 9.17) is 9.47 Å². The summed E-state index contributed by atoms with van der Waals surface area (Å²) in [5.74, 6) is 0.727. The van der Waals surface area contributed by atoms with Crippen molar-refractivity contribution in [3.05, 3.63) is 54.1 Å². The number of sulfonamides is 1. The Morgan fingerprint density at radius 2 is 1.80 bits per heavy atom. The molecule has 8 nitrogen and oxygen atoms in total. The normalized spacial score (nSPS) is 15.8. The minimum Gasteiger partial charge on any atom is -0.497 e. The molecule has 1 aliphatic heterocycles. The van der Waals surface area contributed by atoms with Crippen LogP contribution >= 0.6 is 0 Å². The number of nitrogens with one attached hydrogen (secondary N) is 1. The summed E-state index contributed by atoms with van der Waals surface area (Å²) in [6.07, 6.45) is 2.38. The molecule has 0 radical (unpaired) electrons. The van der Waals surface area contributed by atoms with Crippen molar-refractivity contribution in [2.45, 2.75) is 17.7 Å². The van der Waals surface area contributed by atoms with E-state index in [1.54, 1.807) is 62.8 Å². The smallest absolute Gasteiger partial charge is 0.243 e. The van der Waals surface area contributed by atoms with Crippen LogP contribution in [0.4, 0.5) is 0 Å². The van der Waals surface area contributed by atoms with E-state index in [1.165, 1.54) is 10.5 Å². The van der Waals surface area contributed by atoms with Gasteiger partial charge in [-0.3, -0.25) is 4.79 Å². The number of nitrogens with zero attached hydrogens (tertiary/aromatic N) is 2. The highest BCUT2D eigenvalue weighted by molar-refractivity contribution is 7.89. The summed E-state index contributed by atoms with van der Waals surface area (Å²) in [5.41, 5.74) is 3.21. The highest BCUT2D eigenvalue weighted by atomic mass is 32.2. The van der Waals surface area contributed by atoms with Gasteiger partial charge in [-0.1, -0.05) is 18.2 Å². The molecule has 0 bridgehead atoms. The second-order valence-electron chi connectivity index (χ2n) is 6.83. The molecular weight excluding hydrogens is 406 g/mol. The van der Waals surface area contributed by atoms with Gasteiger partial charge in [-0.2, -0.15) is 9.41 Å².